The van der Waals surface area contributed by atoms with Gasteiger partial charge in [-0.2, -0.15) is 15.8 Å². The quantitative estimate of drug-likeness (QED) is 0.807. The fourth-order valence-electron chi connectivity index (χ4n) is 4.05. The number of nitrogens with one attached hydrogen (secondary N) is 1. The Kier molecular flexibility index (Phi) is 4.17. The maximum Gasteiger partial charge on any atom is 0.217 e. The summed E-state index contributed by atoms with van der Waals surface area (Å²) in [5, 5.41) is 38.7. The normalized spacial score (nSPS) is 34.3. The molecule has 26 heavy (non-hydrogen) atoms. The number of ether oxygens (including phenoxy) is 2. The Morgan fingerprint density at radius 3 is 2.38 bits per heavy atom. The first-order chi connectivity index (χ1) is 12.3. The van der Waals surface area contributed by atoms with Crippen LogP contribution in [0.25, 0.3) is 0 Å². The molecule has 1 aromatic carbocycles. The lowest BCUT2D eigenvalue weighted by atomic mass is 9.53. The average molecular weight is 389 g/mol. The summed E-state index contributed by atoms with van der Waals surface area (Å²) in [4.78, 5) is 0. The van der Waals surface area contributed by atoms with Gasteiger partial charge in [0, 0.05) is 12.0 Å². The van der Waals surface area contributed by atoms with Crippen LogP contribution in [0.5, 0.6) is 0 Å². The molecule has 3 rings (SSSR count). The van der Waals surface area contributed by atoms with Gasteiger partial charge >= 0.3 is 0 Å². The Hall–Kier alpha value is -2.30. The second kappa shape index (κ2) is 5.86. The number of hydrogen-bond donors (Lipinski definition) is 1. The second-order valence-corrected chi connectivity index (χ2v) is 7.20. The van der Waals surface area contributed by atoms with Crippen molar-refractivity contribution in [2.45, 2.75) is 32.2 Å². The zero-order valence-corrected chi connectivity index (χ0v) is 15.5. The van der Waals surface area contributed by atoms with Crippen molar-refractivity contribution in [2.75, 3.05) is 0 Å². The smallest absolute Gasteiger partial charge is 0.217 e. The van der Waals surface area contributed by atoms with Gasteiger partial charge in [0.1, 0.15) is 6.10 Å². The monoisotopic (exact) mass is 388 g/mol. The first kappa shape index (κ1) is 18.5. The summed E-state index contributed by atoms with van der Waals surface area (Å²) in [5.74, 6) is -2.44. The number of halogens is 2. The lowest BCUT2D eigenvalue weighted by Crippen LogP contribution is -2.58. The Labute approximate surface area is 160 Å². The Bertz CT molecular complexity index is 915. The van der Waals surface area contributed by atoms with E-state index in [1.54, 1.807) is 32.0 Å². The van der Waals surface area contributed by atoms with Gasteiger partial charge in [0.15, 0.2) is 5.41 Å². The number of fused-ring (bicyclic) bond motifs is 2. The lowest BCUT2D eigenvalue weighted by Gasteiger charge is -2.48. The van der Waals surface area contributed by atoms with Crippen LogP contribution in [0.3, 0.4) is 0 Å². The highest BCUT2D eigenvalue weighted by atomic mass is 35.5. The van der Waals surface area contributed by atoms with Gasteiger partial charge in [-0.1, -0.05) is 49.2 Å². The molecule has 132 valence electrons. The molecule has 0 radical (unpaired) electrons. The predicted octanol–water partition coefficient (Wildman–Crippen LogP) is 4.36. The van der Waals surface area contributed by atoms with Gasteiger partial charge in [0.2, 0.25) is 17.1 Å². The molecule has 0 saturated carbocycles. The van der Waals surface area contributed by atoms with Crippen molar-refractivity contribution in [3.05, 3.63) is 33.8 Å². The molecule has 2 bridgehead atoms. The van der Waals surface area contributed by atoms with E-state index >= 15 is 0 Å². The number of benzene rings is 1. The molecule has 2 heterocycles. The molecule has 0 amide bonds. The van der Waals surface area contributed by atoms with E-state index in [0.717, 1.165) is 0 Å². The minimum Gasteiger partial charge on any atom is -0.447 e. The highest BCUT2D eigenvalue weighted by Crippen LogP contribution is 2.67. The molecule has 4 unspecified atom stereocenters. The minimum absolute atomic E-state index is 0.133. The van der Waals surface area contributed by atoms with E-state index < -0.39 is 34.5 Å². The number of rotatable bonds is 2. The van der Waals surface area contributed by atoms with Gasteiger partial charge in [0.25, 0.3) is 0 Å². The maximum atomic E-state index is 10.0. The number of hydrogen-bond acceptors (Lipinski definition) is 6. The summed E-state index contributed by atoms with van der Waals surface area (Å²) >= 11 is 12.4. The lowest BCUT2D eigenvalue weighted by molar-refractivity contribution is -0.280. The Balaban J connectivity index is 2.39. The van der Waals surface area contributed by atoms with Crippen LogP contribution in [0.2, 0.25) is 10.0 Å². The molecule has 8 heteroatoms. The maximum absolute atomic E-state index is 10.0. The summed E-state index contributed by atoms with van der Waals surface area (Å²) in [6.45, 7) is 3.45. The third-order valence-corrected chi connectivity index (χ3v) is 6.39. The molecule has 0 spiro atoms. The van der Waals surface area contributed by atoms with Crippen molar-refractivity contribution in [3.63, 3.8) is 0 Å². The van der Waals surface area contributed by atoms with Crippen LogP contribution in [0.4, 0.5) is 0 Å². The molecule has 2 aliphatic heterocycles. The fourth-order valence-corrected chi connectivity index (χ4v) is 4.45. The van der Waals surface area contributed by atoms with Crippen LogP contribution in [0.15, 0.2) is 18.2 Å². The molecule has 1 aromatic rings. The summed E-state index contributed by atoms with van der Waals surface area (Å²) in [5.41, 5.74) is -3.51. The van der Waals surface area contributed by atoms with Gasteiger partial charge in [-0.15, -0.1) is 0 Å². The molecule has 2 fully saturated rings. The Morgan fingerprint density at radius 1 is 1.19 bits per heavy atom. The van der Waals surface area contributed by atoms with E-state index in [4.69, 9.17) is 38.1 Å². The third kappa shape index (κ3) is 1.86. The zero-order chi connectivity index (χ0) is 19.3. The SMILES string of the molecule is CCC12OC(=N)C(C#N)(C1C)C(C#N)(C#N)C(c1cccc(Cl)c1Cl)O2. The standard InChI is InChI=1S/C18H14Cl2N4O2/c1-3-18-10(2)17(9-23,15(24)26-18)16(7-21,8-22)14(25-18)11-5-4-6-12(19)13(11)20/h4-6,10,14,24H,3H2,1-2H3. The van der Waals surface area contributed by atoms with Crippen LogP contribution in [-0.2, 0) is 9.47 Å². The molecule has 2 saturated heterocycles. The topological polar surface area (TPSA) is 114 Å². The van der Waals surface area contributed by atoms with Crippen LogP contribution in [0, 0.1) is 56.2 Å². The first-order valence-electron chi connectivity index (χ1n) is 7.93. The van der Waals surface area contributed by atoms with E-state index in [0.29, 0.717) is 12.0 Å². The van der Waals surface area contributed by atoms with Crippen molar-refractivity contribution in [2.24, 2.45) is 16.7 Å². The van der Waals surface area contributed by atoms with Crippen molar-refractivity contribution in [1.82, 2.24) is 0 Å². The first-order valence-corrected chi connectivity index (χ1v) is 8.69. The van der Waals surface area contributed by atoms with Crippen LogP contribution >= 0.6 is 23.2 Å². The Morgan fingerprint density at radius 2 is 1.85 bits per heavy atom. The predicted molar refractivity (Wildman–Crippen MR) is 93.0 cm³/mol. The zero-order valence-electron chi connectivity index (χ0n) is 14.0. The number of nitriles is 3. The second-order valence-electron chi connectivity index (χ2n) is 6.41. The van der Waals surface area contributed by atoms with E-state index in [9.17, 15) is 15.8 Å². The van der Waals surface area contributed by atoms with E-state index in [1.807, 2.05) is 18.2 Å². The summed E-state index contributed by atoms with van der Waals surface area (Å²) in [7, 11) is 0. The van der Waals surface area contributed by atoms with Crippen molar-refractivity contribution in [1.29, 1.82) is 21.2 Å². The highest BCUT2D eigenvalue weighted by molar-refractivity contribution is 6.42. The van der Waals surface area contributed by atoms with Crippen molar-refractivity contribution in [3.8, 4) is 18.2 Å². The van der Waals surface area contributed by atoms with Gasteiger partial charge in [-0.05, 0) is 6.07 Å². The summed E-state index contributed by atoms with van der Waals surface area (Å²) in [6.07, 6.45) is -0.885. The van der Waals surface area contributed by atoms with Crippen LogP contribution in [-0.4, -0.2) is 11.7 Å². The van der Waals surface area contributed by atoms with Crippen molar-refractivity contribution < 1.29 is 9.47 Å². The third-order valence-electron chi connectivity index (χ3n) is 5.56. The van der Waals surface area contributed by atoms with Gasteiger partial charge in [-0.3, -0.25) is 5.41 Å². The molecule has 4 atom stereocenters. The molecule has 2 aliphatic rings. The van der Waals surface area contributed by atoms with Crippen LogP contribution < -0.4 is 0 Å². The van der Waals surface area contributed by atoms with Gasteiger partial charge < -0.3 is 9.47 Å². The van der Waals surface area contributed by atoms with Crippen LogP contribution in [0.1, 0.15) is 31.9 Å². The fraction of sp³-hybridized carbons (Fsp3) is 0.444. The van der Waals surface area contributed by atoms with E-state index in [1.165, 1.54) is 0 Å². The molecular formula is C18H14Cl2N4O2. The largest absolute Gasteiger partial charge is 0.447 e. The van der Waals surface area contributed by atoms with E-state index in [2.05, 4.69) is 0 Å². The average Bonchev–Trinajstić information content (AvgIpc) is 2.80. The summed E-state index contributed by atoms with van der Waals surface area (Å²) in [6, 6.07) is 10.7. The summed E-state index contributed by atoms with van der Waals surface area (Å²) < 4.78 is 11.8. The molecule has 1 N–H and O–H groups in total. The molecule has 0 aromatic heterocycles. The molecule has 6 nitrogen and oxygen atoms in total. The number of nitrogens with zero attached hydrogens (tertiary/aromatic N) is 3. The van der Waals surface area contributed by atoms with E-state index in [-0.39, 0.29) is 10.0 Å². The van der Waals surface area contributed by atoms with Crippen molar-refractivity contribution >= 4 is 29.1 Å². The molecule has 0 aliphatic carbocycles. The highest BCUT2D eigenvalue weighted by Gasteiger charge is 2.79. The van der Waals surface area contributed by atoms with Gasteiger partial charge in [-0.25, -0.2) is 0 Å². The minimum atomic E-state index is -2.03. The van der Waals surface area contributed by atoms with Gasteiger partial charge in [0.05, 0.1) is 34.2 Å². The molecular weight excluding hydrogens is 375 g/mol.